The lowest BCUT2D eigenvalue weighted by molar-refractivity contribution is -0.151. The molecule has 5 nitrogen and oxygen atoms in total. The highest BCUT2D eigenvalue weighted by Crippen LogP contribution is 2.31. The average Bonchev–Trinajstić information content (AvgIpc) is 3.01. The summed E-state index contributed by atoms with van der Waals surface area (Å²) in [6.45, 7) is 5.81. The lowest BCUT2D eigenvalue weighted by Gasteiger charge is -2.25. The van der Waals surface area contributed by atoms with E-state index in [0.29, 0.717) is 18.5 Å². The van der Waals surface area contributed by atoms with E-state index in [-0.39, 0.29) is 12.3 Å². The Balaban J connectivity index is 1.36. The maximum Gasteiger partial charge on any atom is 0.310 e. The third-order valence-electron chi connectivity index (χ3n) is 8.31. The minimum Gasteiger partial charge on any atom is -0.481 e. The van der Waals surface area contributed by atoms with E-state index in [1.54, 1.807) is 0 Å². The number of nitrogens with zero attached hydrogens (tertiary/aromatic N) is 1. The molecule has 0 fully saturated rings. The zero-order valence-electron chi connectivity index (χ0n) is 25.0. The fraction of sp³-hybridized carbons (Fsp3) is 0.324. The van der Waals surface area contributed by atoms with Crippen molar-refractivity contribution in [3.63, 3.8) is 0 Å². The van der Waals surface area contributed by atoms with Crippen LogP contribution in [0, 0.1) is 5.41 Å². The van der Waals surface area contributed by atoms with Crippen molar-refractivity contribution in [1.82, 2.24) is 4.98 Å². The van der Waals surface area contributed by atoms with Gasteiger partial charge >= 0.3 is 5.97 Å². The van der Waals surface area contributed by atoms with Gasteiger partial charge in [-0.25, -0.2) is 4.98 Å². The maximum absolute atomic E-state index is 12.7. The van der Waals surface area contributed by atoms with Crippen LogP contribution in [-0.2, 0) is 28.9 Å². The zero-order chi connectivity index (χ0) is 30.0. The summed E-state index contributed by atoms with van der Waals surface area (Å²) in [4.78, 5) is 29.3. The van der Waals surface area contributed by atoms with Gasteiger partial charge in [0.05, 0.1) is 16.6 Å². The number of unbranched alkanes of at least 4 members (excludes halogenated alkanes) is 1. The van der Waals surface area contributed by atoms with Crippen LogP contribution in [-0.4, -0.2) is 22.0 Å². The van der Waals surface area contributed by atoms with Crippen molar-refractivity contribution in [2.45, 2.75) is 72.1 Å². The van der Waals surface area contributed by atoms with E-state index < -0.39 is 11.4 Å². The molecule has 0 aliphatic rings. The Labute approximate surface area is 249 Å². The van der Waals surface area contributed by atoms with Crippen LogP contribution in [0.2, 0.25) is 0 Å². The van der Waals surface area contributed by atoms with Crippen molar-refractivity contribution in [2.24, 2.45) is 5.41 Å². The van der Waals surface area contributed by atoms with Gasteiger partial charge in [0.15, 0.2) is 0 Å². The standard InChI is InChI=1S/C37H42N2O3/c1-4-27-14-16-28(17-15-27)10-7-8-11-30-18-20-31-21-23-32(38-34(31)25-30)22-19-29-12-9-13-33(24-29)39-35(40)26-37(5-2,6-3)36(41)42/h9,12-25H,4-8,10-11,26H2,1-3H3,(H,39,40)(H,41,42)/b22-19+. The summed E-state index contributed by atoms with van der Waals surface area (Å²) in [5.41, 5.74) is 6.47. The van der Waals surface area contributed by atoms with E-state index in [1.807, 2.05) is 56.3 Å². The van der Waals surface area contributed by atoms with Gasteiger partial charge in [-0.05, 0) is 97.5 Å². The number of rotatable bonds is 14. The predicted octanol–water partition coefficient (Wildman–Crippen LogP) is 8.75. The third-order valence-corrected chi connectivity index (χ3v) is 8.31. The fourth-order valence-electron chi connectivity index (χ4n) is 5.32. The molecule has 1 heterocycles. The van der Waals surface area contributed by atoms with Crippen LogP contribution in [0.4, 0.5) is 5.69 Å². The maximum atomic E-state index is 12.7. The first kappa shape index (κ1) is 30.7. The number of fused-ring (bicyclic) bond motifs is 1. The molecule has 3 aromatic carbocycles. The van der Waals surface area contributed by atoms with Gasteiger partial charge in [0.2, 0.25) is 5.91 Å². The molecule has 0 spiro atoms. The van der Waals surface area contributed by atoms with Gasteiger partial charge in [-0.1, -0.05) is 81.4 Å². The normalized spacial score (nSPS) is 11.7. The molecule has 5 heteroatoms. The van der Waals surface area contributed by atoms with Crippen molar-refractivity contribution in [3.05, 3.63) is 107 Å². The van der Waals surface area contributed by atoms with Crippen LogP contribution in [0.5, 0.6) is 0 Å². The van der Waals surface area contributed by atoms with Gasteiger partial charge in [-0.3, -0.25) is 9.59 Å². The molecule has 0 saturated carbocycles. The lowest BCUT2D eigenvalue weighted by atomic mass is 9.79. The number of carboxylic acids is 1. The van der Waals surface area contributed by atoms with Crippen LogP contribution in [0.25, 0.3) is 23.1 Å². The third kappa shape index (κ3) is 8.16. The molecular formula is C37H42N2O3. The highest BCUT2D eigenvalue weighted by Gasteiger charge is 2.37. The first-order valence-corrected chi connectivity index (χ1v) is 15.1. The number of hydrogen-bond acceptors (Lipinski definition) is 3. The number of nitrogens with one attached hydrogen (secondary N) is 1. The second kappa shape index (κ2) is 14.6. The Morgan fingerprint density at radius 2 is 1.48 bits per heavy atom. The second-order valence-electron chi connectivity index (χ2n) is 11.1. The number of aryl methyl sites for hydroxylation is 3. The first-order chi connectivity index (χ1) is 20.3. The van der Waals surface area contributed by atoms with Gasteiger partial charge in [0.25, 0.3) is 0 Å². The fourth-order valence-corrected chi connectivity index (χ4v) is 5.32. The molecule has 2 N–H and O–H groups in total. The molecule has 218 valence electrons. The first-order valence-electron chi connectivity index (χ1n) is 15.1. The van der Waals surface area contributed by atoms with Crippen molar-refractivity contribution >= 4 is 40.6 Å². The van der Waals surface area contributed by atoms with Crippen LogP contribution in [0.15, 0.2) is 78.9 Å². The van der Waals surface area contributed by atoms with Crippen LogP contribution in [0.1, 0.15) is 80.8 Å². The van der Waals surface area contributed by atoms with Crippen molar-refractivity contribution in [3.8, 4) is 0 Å². The number of hydrogen-bond donors (Lipinski definition) is 2. The summed E-state index contributed by atoms with van der Waals surface area (Å²) in [5, 5.41) is 13.6. The monoisotopic (exact) mass is 562 g/mol. The highest BCUT2D eigenvalue weighted by molar-refractivity contribution is 5.94. The molecule has 0 atom stereocenters. The number of carboxylic acid groups (broad SMARTS) is 1. The molecule has 0 unspecified atom stereocenters. The van der Waals surface area contributed by atoms with Crippen LogP contribution in [0.3, 0.4) is 0 Å². The van der Waals surface area contributed by atoms with Gasteiger partial charge < -0.3 is 10.4 Å². The number of carbonyl (C=O) groups excluding carboxylic acids is 1. The minimum atomic E-state index is -1.04. The largest absolute Gasteiger partial charge is 0.481 e. The number of anilines is 1. The van der Waals surface area contributed by atoms with E-state index in [9.17, 15) is 14.7 Å². The van der Waals surface area contributed by atoms with E-state index >= 15 is 0 Å². The summed E-state index contributed by atoms with van der Waals surface area (Å²) >= 11 is 0. The Kier molecular flexibility index (Phi) is 10.7. The van der Waals surface area contributed by atoms with Gasteiger partial charge in [-0.2, -0.15) is 0 Å². The van der Waals surface area contributed by atoms with Gasteiger partial charge in [0, 0.05) is 17.5 Å². The summed E-state index contributed by atoms with van der Waals surface area (Å²) < 4.78 is 0. The molecule has 1 amide bonds. The highest BCUT2D eigenvalue weighted by atomic mass is 16.4. The van der Waals surface area contributed by atoms with Crippen LogP contribution < -0.4 is 5.32 Å². The van der Waals surface area contributed by atoms with E-state index in [1.165, 1.54) is 16.7 Å². The second-order valence-corrected chi connectivity index (χ2v) is 11.1. The molecule has 42 heavy (non-hydrogen) atoms. The average molecular weight is 563 g/mol. The van der Waals surface area contributed by atoms with Crippen molar-refractivity contribution in [2.75, 3.05) is 5.32 Å². The van der Waals surface area contributed by atoms with Crippen LogP contribution >= 0.6 is 0 Å². The van der Waals surface area contributed by atoms with E-state index in [2.05, 4.69) is 60.8 Å². The molecule has 4 aromatic rings. The van der Waals surface area contributed by atoms with Gasteiger partial charge in [0.1, 0.15) is 0 Å². The van der Waals surface area contributed by atoms with Crippen molar-refractivity contribution < 1.29 is 14.7 Å². The molecule has 4 rings (SSSR count). The number of pyridine rings is 1. The molecule has 1 aromatic heterocycles. The number of amides is 1. The Hall–Kier alpha value is -4.25. The number of aliphatic carboxylic acids is 1. The summed E-state index contributed by atoms with van der Waals surface area (Å²) in [6.07, 6.45) is 10.2. The molecule has 0 radical (unpaired) electrons. The smallest absolute Gasteiger partial charge is 0.310 e. The molecule has 0 bridgehead atoms. The van der Waals surface area contributed by atoms with E-state index in [4.69, 9.17) is 4.98 Å². The molecule has 0 saturated heterocycles. The quantitative estimate of drug-likeness (QED) is 0.151. The lowest BCUT2D eigenvalue weighted by Crippen LogP contribution is -2.34. The summed E-state index contributed by atoms with van der Waals surface area (Å²) in [5.74, 6) is -1.22. The summed E-state index contributed by atoms with van der Waals surface area (Å²) in [7, 11) is 0. The molecule has 0 aliphatic carbocycles. The number of aromatic nitrogens is 1. The van der Waals surface area contributed by atoms with Gasteiger partial charge in [-0.15, -0.1) is 0 Å². The van der Waals surface area contributed by atoms with Crippen molar-refractivity contribution in [1.29, 1.82) is 0 Å². The number of carbonyl (C=O) groups is 2. The topological polar surface area (TPSA) is 79.3 Å². The predicted molar refractivity (Wildman–Crippen MR) is 173 cm³/mol. The zero-order valence-corrected chi connectivity index (χ0v) is 25.0. The SMILES string of the molecule is CCc1ccc(CCCCc2ccc3ccc(/C=C/c4cccc(NC(=O)CC(CC)(CC)C(=O)O)c4)nc3c2)cc1. The molecule has 0 aliphatic heterocycles. The number of benzene rings is 3. The van der Waals surface area contributed by atoms with E-state index in [0.717, 1.165) is 54.3 Å². The molecular weight excluding hydrogens is 520 g/mol. The Morgan fingerprint density at radius 3 is 2.17 bits per heavy atom. The minimum absolute atomic E-state index is 0.0504. The Bertz CT molecular complexity index is 1530. The Morgan fingerprint density at radius 1 is 0.810 bits per heavy atom. The summed E-state index contributed by atoms with van der Waals surface area (Å²) in [6, 6.07) is 27.2.